The van der Waals surface area contributed by atoms with Crippen LogP contribution in [0.5, 0.6) is 5.75 Å². The lowest BCUT2D eigenvalue weighted by atomic mass is 9.99. The minimum atomic E-state index is 0.506. The van der Waals surface area contributed by atoms with E-state index in [1.165, 1.54) is 36.8 Å². The number of hydrogen-bond donors (Lipinski definition) is 1. The number of para-hydroxylation sites is 1. The van der Waals surface area contributed by atoms with E-state index in [-0.39, 0.29) is 0 Å². The first-order chi connectivity index (χ1) is 9.22. The lowest BCUT2D eigenvalue weighted by molar-refractivity contribution is 0.217. The van der Waals surface area contributed by atoms with Gasteiger partial charge in [0, 0.05) is 6.04 Å². The topological polar surface area (TPSA) is 21.3 Å². The molecule has 0 amide bonds. The molecule has 1 aliphatic rings. The van der Waals surface area contributed by atoms with Crippen LogP contribution in [0.2, 0.25) is 0 Å². The van der Waals surface area contributed by atoms with Crippen LogP contribution in [0, 0.1) is 19.8 Å². The predicted molar refractivity (Wildman–Crippen MR) is 80.8 cm³/mol. The van der Waals surface area contributed by atoms with Crippen LogP contribution >= 0.6 is 0 Å². The normalized spacial score (nSPS) is 17.6. The van der Waals surface area contributed by atoms with Crippen LogP contribution in [0.25, 0.3) is 0 Å². The van der Waals surface area contributed by atoms with Gasteiger partial charge in [0.25, 0.3) is 0 Å². The van der Waals surface area contributed by atoms with E-state index in [4.69, 9.17) is 4.74 Å². The van der Waals surface area contributed by atoms with Gasteiger partial charge in [-0.25, -0.2) is 0 Å². The Morgan fingerprint density at radius 2 is 1.84 bits per heavy atom. The van der Waals surface area contributed by atoms with Gasteiger partial charge >= 0.3 is 0 Å². The summed E-state index contributed by atoms with van der Waals surface area (Å²) in [5.74, 6) is 1.87. The largest absolute Gasteiger partial charge is 0.491 e. The number of benzene rings is 1. The average Bonchev–Trinajstić information content (AvgIpc) is 2.90. The standard InChI is InChI=1S/C17H27NO/c1-4-18-16(15-10-5-6-11-15)12-19-17-13(2)8-7-9-14(17)3/h7-9,15-16,18H,4-6,10-12H2,1-3H3. The van der Waals surface area contributed by atoms with Crippen molar-refractivity contribution in [3.8, 4) is 5.75 Å². The highest BCUT2D eigenvalue weighted by Crippen LogP contribution is 2.29. The Morgan fingerprint density at radius 3 is 2.42 bits per heavy atom. The Labute approximate surface area is 117 Å². The highest BCUT2D eigenvalue weighted by Gasteiger charge is 2.25. The van der Waals surface area contributed by atoms with Gasteiger partial charge in [0.15, 0.2) is 0 Å². The first kappa shape index (κ1) is 14.4. The first-order valence-electron chi connectivity index (χ1n) is 7.64. The van der Waals surface area contributed by atoms with Gasteiger partial charge < -0.3 is 10.1 Å². The summed E-state index contributed by atoms with van der Waals surface area (Å²) in [6, 6.07) is 6.85. The summed E-state index contributed by atoms with van der Waals surface area (Å²) in [5, 5.41) is 3.61. The van der Waals surface area contributed by atoms with Gasteiger partial charge in [0.05, 0.1) is 0 Å². The minimum absolute atomic E-state index is 0.506. The molecule has 1 aliphatic carbocycles. The average molecular weight is 261 g/mol. The van der Waals surface area contributed by atoms with Crippen LogP contribution in [0.15, 0.2) is 18.2 Å². The summed E-state index contributed by atoms with van der Waals surface area (Å²) in [5.41, 5.74) is 2.48. The SMILES string of the molecule is CCNC(COc1c(C)cccc1C)C1CCCC1. The van der Waals surface area contributed by atoms with Gasteiger partial charge in [-0.1, -0.05) is 38.0 Å². The molecule has 0 aromatic heterocycles. The number of aryl methyl sites for hydroxylation is 2. The fourth-order valence-electron chi connectivity index (χ4n) is 3.18. The summed E-state index contributed by atoms with van der Waals surface area (Å²) in [6.07, 6.45) is 5.48. The minimum Gasteiger partial charge on any atom is -0.491 e. The summed E-state index contributed by atoms with van der Waals surface area (Å²) < 4.78 is 6.13. The van der Waals surface area contributed by atoms with Gasteiger partial charge in [-0.2, -0.15) is 0 Å². The fraction of sp³-hybridized carbons (Fsp3) is 0.647. The number of hydrogen-bond acceptors (Lipinski definition) is 2. The van der Waals surface area contributed by atoms with E-state index in [0.29, 0.717) is 6.04 Å². The van der Waals surface area contributed by atoms with E-state index in [1.807, 2.05) is 0 Å². The molecule has 1 atom stereocenters. The summed E-state index contributed by atoms with van der Waals surface area (Å²) in [4.78, 5) is 0. The molecule has 1 fully saturated rings. The first-order valence-corrected chi connectivity index (χ1v) is 7.64. The lowest BCUT2D eigenvalue weighted by Gasteiger charge is -2.25. The number of nitrogens with one attached hydrogen (secondary N) is 1. The number of ether oxygens (including phenoxy) is 1. The molecule has 1 aromatic rings. The van der Waals surface area contributed by atoms with Crippen molar-refractivity contribution in [2.24, 2.45) is 5.92 Å². The van der Waals surface area contributed by atoms with Crippen LogP contribution in [-0.4, -0.2) is 19.2 Å². The zero-order chi connectivity index (χ0) is 13.7. The van der Waals surface area contributed by atoms with E-state index >= 15 is 0 Å². The van der Waals surface area contributed by atoms with Crippen LogP contribution in [0.4, 0.5) is 0 Å². The van der Waals surface area contributed by atoms with Crippen molar-refractivity contribution in [2.75, 3.05) is 13.2 Å². The summed E-state index contributed by atoms with van der Waals surface area (Å²) in [6.45, 7) is 8.25. The molecule has 2 nitrogen and oxygen atoms in total. The van der Waals surface area contributed by atoms with Crippen LogP contribution in [0.3, 0.4) is 0 Å². The third kappa shape index (κ3) is 3.73. The summed E-state index contributed by atoms with van der Waals surface area (Å²) >= 11 is 0. The highest BCUT2D eigenvalue weighted by molar-refractivity contribution is 5.39. The second kappa shape index (κ2) is 6.95. The Bertz CT molecular complexity index is 376. The molecule has 2 rings (SSSR count). The van der Waals surface area contributed by atoms with Crippen molar-refractivity contribution in [1.82, 2.24) is 5.32 Å². The number of rotatable bonds is 6. The van der Waals surface area contributed by atoms with Crippen molar-refractivity contribution in [1.29, 1.82) is 0 Å². The van der Waals surface area contributed by atoms with Gasteiger partial charge in [0.2, 0.25) is 0 Å². The zero-order valence-electron chi connectivity index (χ0n) is 12.5. The van der Waals surface area contributed by atoms with Gasteiger partial charge in [0.1, 0.15) is 12.4 Å². The molecule has 1 N–H and O–H groups in total. The third-order valence-electron chi connectivity index (χ3n) is 4.25. The molecular formula is C17H27NO. The van der Waals surface area contributed by atoms with Crippen molar-refractivity contribution in [3.05, 3.63) is 29.3 Å². The Kier molecular flexibility index (Phi) is 5.26. The van der Waals surface area contributed by atoms with E-state index in [1.54, 1.807) is 0 Å². The van der Waals surface area contributed by atoms with E-state index in [9.17, 15) is 0 Å². The van der Waals surface area contributed by atoms with Gasteiger partial charge in [-0.15, -0.1) is 0 Å². The van der Waals surface area contributed by atoms with Crippen molar-refractivity contribution >= 4 is 0 Å². The molecule has 0 spiro atoms. The Hall–Kier alpha value is -1.02. The maximum absolute atomic E-state index is 6.13. The monoisotopic (exact) mass is 261 g/mol. The maximum atomic E-state index is 6.13. The molecule has 0 radical (unpaired) electrons. The molecule has 1 aromatic carbocycles. The van der Waals surface area contributed by atoms with E-state index < -0.39 is 0 Å². The second-order valence-corrected chi connectivity index (χ2v) is 5.74. The Morgan fingerprint density at radius 1 is 1.21 bits per heavy atom. The second-order valence-electron chi connectivity index (χ2n) is 5.74. The fourth-order valence-corrected chi connectivity index (χ4v) is 3.18. The van der Waals surface area contributed by atoms with Gasteiger partial charge in [-0.05, 0) is 50.3 Å². The third-order valence-corrected chi connectivity index (χ3v) is 4.25. The predicted octanol–water partition coefficient (Wildman–Crippen LogP) is 3.85. The quantitative estimate of drug-likeness (QED) is 0.840. The van der Waals surface area contributed by atoms with Crippen LogP contribution in [-0.2, 0) is 0 Å². The molecule has 0 aliphatic heterocycles. The molecule has 2 heteroatoms. The molecule has 0 saturated heterocycles. The summed E-state index contributed by atoms with van der Waals surface area (Å²) in [7, 11) is 0. The molecule has 0 heterocycles. The van der Waals surface area contributed by atoms with E-state index in [0.717, 1.165) is 24.8 Å². The highest BCUT2D eigenvalue weighted by atomic mass is 16.5. The molecule has 1 unspecified atom stereocenters. The smallest absolute Gasteiger partial charge is 0.125 e. The van der Waals surface area contributed by atoms with Crippen molar-refractivity contribution in [3.63, 3.8) is 0 Å². The molecule has 1 saturated carbocycles. The van der Waals surface area contributed by atoms with Crippen LogP contribution < -0.4 is 10.1 Å². The van der Waals surface area contributed by atoms with E-state index in [2.05, 4.69) is 44.3 Å². The van der Waals surface area contributed by atoms with Crippen molar-refractivity contribution < 1.29 is 4.74 Å². The molecule has 19 heavy (non-hydrogen) atoms. The van der Waals surface area contributed by atoms with Crippen molar-refractivity contribution in [2.45, 2.75) is 52.5 Å². The molecule has 106 valence electrons. The number of likely N-dealkylation sites (N-methyl/N-ethyl adjacent to an activating group) is 1. The Balaban J connectivity index is 1.98. The molecule has 0 bridgehead atoms. The maximum Gasteiger partial charge on any atom is 0.125 e. The lowest BCUT2D eigenvalue weighted by Crippen LogP contribution is -2.40. The van der Waals surface area contributed by atoms with Crippen LogP contribution in [0.1, 0.15) is 43.7 Å². The zero-order valence-corrected chi connectivity index (χ0v) is 12.5. The van der Waals surface area contributed by atoms with Gasteiger partial charge in [-0.3, -0.25) is 0 Å². The molecular weight excluding hydrogens is 234 g/mol.